The number of hydrogen-bond donors (Lipinski definition) is 3. The molecule has 23 heavy (non-hydrogen) atoms. The van der Waals surface area contributed by atoms with Gasteiger partial charge in [0.2, 0.25) is 17.8 Å². The summed E-state index contributed by atoms with van der Waals surface area (Å²) in [5.41, 5.74) is 3.67. The van der Waals surface area contributed by atoms with Crippen LogP contribution in [-0.4, -0.2) is 33.8 Å². The van der Waals surface area contributed by atoms with Crippen molar-refractivity contribution in [1.82, 2.24) is 15.0 Å². The fourth-order valence-corrected chi connectivity index (χ4v) is 1.85. The molecule has 2 aromatic rings. The highest BCUT2D eigenvalue weighted by atomic mass is 19.1. The molecule has 8 heteroatoms. The fraction of sp³-hybridized carbons (Fsp3) is 0.333. The van der Waals surface area contributed by atoms with E-state index in [0.717, 1.165) is 0 Å². The van der Waals surface area contributed by atoms with Crippen LogP contribution in [0.3, 0.4) is 0 Å². The number of benzene rings is 1. The van der Waals surface area contributed by atoms with Gasteiger partial charge in [-0.3, -0.25) is 0 Å². The van der Waals surface area contributed by atoms with Gasteiger partial charge in [-0.1, -0.05) is 18.2 Å². The summed E-state index contributed by atoms with van der Waals surface area (Å²) in [5.74, 6) is 0.842. The Kier molecular flexibility index (Phi) is 5.79. The summed E-state index contributed by atoms with van der Waals surface area (Å²) in [5, 5.41) is 10.2. The Morgan fingerprint density at radius 2 is 1.57 bits per heavy atom. The van der Waals surface area contributed by atoms with Crippen LogP contribution >= 0.6 is 0 Å². The van der Waals surface area contributed by atoms with Crippen LogP contribution in [0.4, 0.5) is 22.2 Å². The molecule has 0 aliphatic carbocycles. The summed E-state index contributed by atoms with van der Waals surface area (Å²) in [7, 11) is 0. The van der Waals surface area contributed by atoms with Crippen molar-refractivity contribution in [3.63, 3.8) is 0 Å². The summed E-state index contributed by atoms with van der Waals surface area (Å²) in [6.07, 6.45) is 0. The van der Waals surface area contributed by atoms with Gasteiger partial charge in [0.15, 0.2) is 0 Å². The minimum absolute atomic E-state index is 0.280. The van der Waals surface area contributed by atoms with E-state index in [-0.39, 0.29) is 11.8 Å². The first-order chi connectivity index (χ1) is 11.1. The third-order valence-corrected chi connectivity index (χ3v) is 2.89. The molecule has 0 aliphatic heterocycles. The zero-order valence-electron chi connectivity index (χ0n) is 13.4. The van der Waals surface area contributed by atoms with Crippen LogP contribution < -0.4 is 16.1 Å². The monoisotopic (exact) mass is 317 g/mol. The van der Waals surface area contributed by atoms with Gasteiger partial charge in [-0.05, 0) is 26.8 Å². The van der Waals surface area contributed by atoms with E-state index in [9.17, 15) is 4.39 Å². The van der Waals surface area contributed by atoms with Gasteiger partial charge in [0.25, 0.3) is 0 Å². The highest BCUT2D eigenvalue weighted by molar-refractivity contribution is 5.99. The van der Waals surface area contributed by atoms with Gasteiger partial charge in [0.1, 0.15) is 5.82 Å². The van der Waals surface area contributed by atoms with E-state index in [1.165, 1.54) is 6.07 Å². The lowest BCUT2D eigenvalue weighted by atomic mass is 10.1. The summed E-state index contributed by atoms with van der Waals surface area (Å²) in [6, 6.07) is 6.45. The van der Waals surface area contributed by atoms with Crippen molar-refractivity contribution in [2.75, 3.05) is 29.1 Å². The molecule has 1 heterocycles. The molecule has 0 spiro atoms. The molecule has 2 rings (SSSR count). The lowest BCUT2D eigenvalue weighted by Crippen LogP contribution is -2.11. The number of nitrogens with one attached hydrogen (secondary N) is 3. The number of rotatable bonds is 7. The molecule has 0 radical (unpaired) electrons. The Bertz CT molecular complexity index is 663. The Morgan fingerprint density at radius 3 is 2.13 bits per heavy atom. The maximum Gasteiger partial charge on any atom is 0.250 e. The van der Waals surface area contributed by atoms with Gasteiger partial charge in [0, 0.05) is 18.7 Å². The Hall–Kier alpha value is -2.77. The van der Waals surface area contributed by atoms with Crippen LogP contribution in [-0.2, 0) is 0 Å². The zero-order valence-corrected chi connectivity index (χ0v) is 13.4. The van der Waals surface area contributed by atoms with Gasteiger partial charge in [0.05, 0.1) is 5.71 Å². The van der Waals surface area contributed by atoms with E-state index in [0.29, 0.717) is 36.3 Å². The number of anilines is 3. The second-order valence-electron chi connectivity index (χ2n) is 4.66. The molecule has 0 saturated heterocycles. The van der Waals surface area contributed by atoms with E-state index in [2.05, 4.69) is 36.1 Å². The van der Waals surface area contributed by atoms with Crippen LogP contribution in [0.2, 0.25) is 0 Å². The van der Waals surface area contributed by atoms with Gasteiger partial charge >= 0.3 is 0 Å². The van der Waals surface area contributed by atoms with E-state index >= 15 is 0 Å². The lowest BCUT2D eigenvalue weighted by Gasteiger charge is -2.08. The predicted octanol–water partition coefficient (Wildman–Crippen LogP) is 2.71. The summed E-state index contributed by atoms with van der Waals surface area (Å²) >= 11 is 0. The number of nitrogens with zero attached hydrogens (tertiary/aromatic N) is 4. The molecule has 0 atom stereocenters. The molecule has 0 amide bonds. The molecule has 0 bridgehead atoms. The summed E-state index contributed by atoms with van der Waals surface area (Å²) in [6.45, 7) is 6.98. The van der Waals surface area contributed by atoms with Crippen LogP contribution in [0.15, 0.2) is 29.4 Å². The maximum atomic E-state index is 13.7. The SMILES string of the molecule is CCNc1nc(NCC)nc(N/N=C(\C)c2ccccc2F)n1. The van der Waals surface area contributed by atoms with Crippen LogP contribution in [0.25, 0.3) is 0 Å². The molecular formula is C15H20FN7. The maximum absolute atomic E-state index is 13.7. The molecular weight excluding hydrogens is 297 g/mol. The van der Waals surface area contributed by atoms with Gasteiger partial charge in [-0.2, -0.15) is 20.1 Å². The van der Waals surface area contributed by atoms with Gasteiger partial charge < -0.3 is 10.6 Å². The molecule has 122 valence electrons. The molecule has 1 aromatic carbocycles. The summed E-state index contributed by atoms with van der Waals surface area (Å²) < 4.78 is 13.7. The lowest BCUT2D eigenvalue weighted by molar-refractivity contribution is 0.625. The van der Waals surface area contributed by atoms with Crippen LogP contribution in [0.1, 0.15) is 26.3 Å². The van der Waals surface area contributed by atoms with Crippen molar-refractivity contribution in [2.45, 2.75) is 20.8 Å². The van der Waals surface area contributed by atoms with Crippen molar-refractivity contribution >= 4 is 23.6 Å². The quantitative estimate of drug-likeness (QED) is 0.537. The molecule has 0 saturated carbocycles. The van der Waals surface area contributed by atoms with E-state index in [1.807, 2.05) is 13.8 Å². The van der Waals surface area contributed by atoms with Crippen molar-refractivity contribution < 1.29 is 4.39 Å². The standard InChI is InChI=1S/C15H20FN7/c1-4-17-13-19-14(18-5-2)21-15(20-13)23-22-10(3)11-8-6-7-9-12(11)16/h6-9H,4-5H2,1-3H3,(H3,17,18,19,20,21,23)/b22-10+. The zero-order chi connectivity index (χ0) is 16.7. The van der Waals surface area contributed by atoms with E-state index in [1.54, 1.807) is 25.1 Å². The van der Waals surface area contributed by atoms with Crippen molar-refractivity contribution in [3.05, 3.63) is 35.6 Å². The molecule has 1 aromatic heterocycles. The molecule has 0 aliphatic rings. The normalized spacial score (nSPS) is 11.2. The van der Waals surface area contributed by atoms with Crippen molar-refractivity contribution in [3.8, 4) is 0 Å². The Morgan fingerprint density at radius 1 is 1.00 bits per heavy atom. The van der Waals surface area contributed by atoms with Crippen molar-refractivity contribution in [1.29, 1.82) is 0 Å². The van der Waals surface area contributed by atoms with Crippen LogP contribution in [0.5, 0.6) is 0 Å². The highest BCUT2D eigenvalue weighted by Crippen LogP contribution is 2.11. The second-order valence-corrected chi connectivity index (χ2v) is 4.66. The number of hydrogen-bond acceptors (Lipinski definition) is 7. The van der Waals surface area contributed by atoms with Crippen LogP contribution in [0, 0.1) is 5.82 Å². The van der Waals surface area contributed by atoms with E-state index < -0.39 is 0 Å². The predicted molar refractivity (Wildman–Crippen MR) is 90.4 cm³/mol. The average molecular weight is 317 g/mol. The smallest absolute Gasteiger partial charge is 0.250 e. The topological polar surface area (TPSA) is 87.1 Å². The van der Waals surface area contributed by atoms with Gasteiger partial charge in [-0.25, -0.2) is 9.82 Å². The summed E-state index contributed by atoms with van der Waals surface area (Å²) in [4.78, 5) is 12.6. The third-order valence-electron chi connectivity index (χ3n) is 2.89. The third kappa shape index (κ3) is 4.60. The first-order valence-corrected chi connectivity index (χ1v) is 7.43. The van der Waals surface area contributed by atoms with Gasteiger partial charge in [-0.15, -0.1) is 0 Å². The number of aromatic nitrogens is 3. The Labute approximate surface area is 134 Å². The molecule has 3 N–H and O–H groups in total. The molecule has 0 unspecified atom stereocenters. The fourth-order valence-electron chi connectivity index (χ4n) is 1.85. The number of hydrazone groups is 1. The Balaban J connectivity index is 2.21. The first-order valence-electron chi connectivity index (χ1n) is 7.43. The number of halogens is 1. The highest BCUT2D eigenvalue weighted by Gasteiger charge is 2.07. The molecule has 0 fully saturated rings. The van der Waals surface area contributed by atoms with Crippen molar-refractivity contribution in [2.24, 2.45) is 5.10 Å². The largest absolute Gasteiger partial charge is 0.354 e. The minimum atomic E-state index is -0.326. The first kappa shape index (κ1) is 16.6. The average Bonchev–Trinajstić information content (AvgIpc) is 2.53. The minimum Gasteiger partial charge on any atom is -0.354 e. The second kappa shape index (κ2) is 8.02. The molecule has 7 nitrogen and oxygen atoms in total. The van der Waals surface area contributed by atoms with E-state index in [4.69, 9.17) is 0 Å².